The van der Waals surface area contributed by atoms with Crippen LogP contribution >= 0.6 is 34.9 Å². The van der Waals surface area contributed by atoms with E-state index >= 15 is 0 Å². The third-order valence-corrected chi connectivity index (χ3v) is 8.60. The lowest BCUT2D eigenvalue weighted by Crippen LogP contribution is -2.74. The van der Waals surface area contributed by atoms with Crippen molar-refractivity contribution in [1.29, 1.82) is 0 Å². The van der Waals surface area contributed by atoms with Gasteiger partial charge in [-0.3, -0.25) is 14.4 Å². The lowest BCUT2D eigenvalue weighted by molar-refractivity contribution is -0.157. The van der Waals surface area contributed by atoms with E-state index in [0.717, 1.165) is 0 Å². The van der Waals surface area contributed by atoms with Gasteiger partial charge in [-0.15, -0.1) is 34.6 Å². The predicted molar refractivity (Wildman–Crippen MR) is 123 cm³/mol. The standard InChI is InChI=1S/C18H18N8O5S3/c1-3-4-26-17(21-23-24-26)34-8-18(16(29)30)6-25-14(28)12(15(25)33-7-18)20-13(27)11(22-31-2)10-5-32-9-19-10/h1,5,9,12,15H,4,6-8H2,2H3,(H,20,27)(H,29,30)/t12?,15-,18?/m1/s1. The molecule has 3 atom stereocenters. The summed E-state index contributed by atoms with van der Waals surface area (Å²) in [6.45, 7) is 0.160. The van der Waals surface area contributed by atoms with Crippen molar-refractivity contribution in [2.75, 3.05) is 25.2 Å². The van der Waals surface area contributed by atoms with Gasteiger partial charge in [0.1, 0.15) is 36.2 Å². The van der Waals surface area contributed by atoms with Gasteiger partial charge in [0.05, 0.1) is 5.51 Å². The smallest absolute Gasteiger partial charge is 0.313 e. The van der Waals surface area contributed by atoms with E-state index in [4.69, 9.17) is 11.3 Å². The summed E-state index contributed by atoms with van der Waals surface area (Å²) in [6.07, 6.45) is 5.30. The number of thiazole rings is 1. The van der Waals surface area contributed by atoms with Crippen molar-refractivity contribution in [3.05, 3.63) is 16.6 Å². The Hall–Kier alpha value is -3.16. The molecule has 2 aromatic heterocycles. The third kappa shape index (κ3) is 4.45. The third-order valence-electron chi connectivity index (χ3n) is 5.18. The Morgan fingerprint density at radius 2 is 2.35 bits per heavy atom. The average molecular weight is 523 g/mol. The first kappa shape index (κ1) is 24.0. The Morgan fingerprint density at radius 3 is 3.03 bits per heavy atom. The number of hydrogen-bond donors (Lipinski definition) is 2. The van der Waals surface area contributed by atoms with Gasteiger partial charge >= 0.3 is 5.97 Å². The van der Waals surface area contributed by atoms with Crippen molar-refractivity contribution in [2.24, 2.45) is 10.6 Å². The fourth-order valence-corrected chi connectivity index (χ4v) is 6.70. The highest BCUT2D eigenvalue weighted by molar-refractivity contribution is 8.00. The fraction of sp³-hybridized carbons (Fsp3) is 0.444. The lowest BCUT2D eigenvalue weighted by Gasteiger charge is -2.53. The zero-order valence-electron chi connectivity index (χ0n) is 17.7. The van der Waals surface area contributed by atoms with Crippen LogP contribution in [0.2, 0.25) is 0 Å². The number of tetrazole rings is 1. The second-order valence-corrected chi connectivity index (χ2v) is 10.1. The van der Waals surface area contributed by atoms with Crippen molar-refractivity contribution >= 4 is 58.4 Å². The molecule has 0 bridgehead atoms. The van der Waals surface area contributed by atoms with Gasteiger partial charge in [0.2, 0.25) is 11.1 Å². The quantitative estimate of drug-likeness (QED) is 0.142. The predicted octanol–water partition coefficient (Wildman–Crippen LogP) is -0.623. The van der Waals surface area contributed by atoms with E-state index < -0.39 is 23.3 Å². The van der Waals surface area contributed by atoms with Crippen LogP contribution in [-0.2, 0) is 25.8 Å². The Labute approximate surface area is 205 Å². The summed E-state index contributed by atoms with van der Waals surface area (Å²) in [5, 5.41) is 29.3. The molecule has 2 fully saturated rings. The van der Waals surface area contributed by atoms with Gasteiger partial charge in [0.25, 0.3) is 5.91 Å². The number of nitrogens with one attached hydrogen (secondary N) is 1. The highest BCUT2D eigenvalue weighted by Gasteiger charge is 2.57. The van der Waals surface area contributed by atoms with Crippen molar-refractivity contribution in [3.63, 3.8) is 0 Å². The molecule has 34 heavy (non-hydrogen) atoms. The summed E-state index contributed by atoms with van der Waals surface area (Å²) >= 11 is 3.76. The van der Waals surface area contributed by atoms with E-state index in [0.29, 0.717) is 10.9 Å². The Morgan fingerprint density at radius 1 is 1.53 bits per heavy atom. The number of aromatic nitrogens is 5. The fourth-order valence-electron chi connectivity index (χ4n) is 3.43. The number of oxime groups is 1. The van der Waals surface area contributed by atoms with E-state index in [2.05, 4.69) is 36.9 Å². The van der Waals surface area contributed by atoms with E-state index in [9.17, 15) is 19.5 Å². The minimum absolute atomic E-state index is 0.0000120. The van der Waals surface area contributed by atoms with Gasteiger partial charge in [0.15, 0.2) is 5.71 Å². The second kappa shape index (κ2) is 9.99. The maximum atomic E-state index is 12.8. The van der Waals surface area contributed by atoms with Crippen LogP contribution in [0, 0.1) is 17.8 Å². The number of terminal acetylenes is 1. The van der Waals surface area contributed by atoms with Gasteiger partial charge in [-0.25, -0.2) is 9.67 Å². The molecule has 0 saturated carbocycles. The summed E-state index contributed by atoms with van der Waals surface area (Å²) in [7, 11) is 1.31. The number of carbonyl (C=O) groups is 3. The first-order chi connectivity index (χ1) is 16.4. The molecule has 2 aliphatic rings. The number of nitrogens with zero attached hydrogens (tertiary/aromatic N) is 7. The summed E-state index contributed by atoms with van der Waals surface area (Å²) < 4.78 is 1.40. The van der Waals surface area contributed by atoms with Gasteiger partial charge in [-0.05, 0) is 10.4 Å². The van der Waals surface area contributed by atoms with Gasteiger partial charge in [-0.1, -0.05) is 22.8 Å². The molecule has 2 aromatic rings. The monoisotopic (exact) mass is 522 g/mol. The molecular weight excluding hydrogens is 504 g/mol. The first-order valence-corrected chi connectivity index (χ1v) is 12.7. The van der Waals surface area contributed by atoms with E-state index in [1.807, 2.05) is 0 Å². The number of aliphatic carboxylic acids is 1. The minimum atomic E-state index is -1.22. The molecule has 2 amide bonds. The minimum Gasteiger partial charge on any atom is -0.481 e. The zero-order chi connectivity index (χ0) is 24.3. The summed E-state index contributed by atoms with van der Waals surface area (Å²) in [6, 6.07) is -0.805. The van der Waals surface area contributed by atoms with Crippen molar-refractivity contribution in [2.45, 2.75) is 23.1 Å². The molecule has 2 saturated heterocycles. The van der Waals surface area contributed by atoms with Gasteiger partial charge in [0, 0.05) is 23.4 Å². The highest BCUT2D eigenvalue weighted by atomic mass is 32.2. The molecule has 13 nitrogen and oxygen atoms in total. The van der Waals surface area contributed by atoms with Crippen molar-refractivity contribution in [3.8, 4) is 12.3 Å². The van der Waals surface area contributed by atoms with Gasteiger partial charge < -0.3 is 20.2 Å². The number of carboxylic acids is 1. The van der Waals surface area contributed by atoms with Crippen LogP contribution in [0.1, 0.15) is 5.69 Å². The summed E-state index contributed by atoms with van der Waals surface area (Å²) in [4.78, 5) is 48.1. The maximum Gasteiger partial charge on any atom is 0.313 e. The molecule has 4 heterocycles. The molecule has 4 rings (SSSR count). The van der Waals surface area contributed by atoms with E-state index in [1.165, 1.54) is 51.6 Å². The van der Waals surface area contributed by atoms with Crippen LogP contribution < -0.4 is 5.32 Å². The zero-order valence-corrected chi connectivity index (χ0v) is 20.1. The molecule has 0 radical (unpaired) electrons. The van der Waals surface area contributed by atoms with E-state index in [-0.39, 0.29) is 41.6 Å². The Balaban J connectivity index is 1.42. The number of carbonyl (C=O) groups excluding carboxylic acids is 2. The van der Waals surface area contributed by atoms with Crippen LogP contribution in [-0.4, -0.2) is 95.3 Å². The van der Waals surface area contributed by atoms with E-state index in [1.54, 1.807) is 10.9 Å². The number of fused-ring (bicyclic) bond motifs is 1. The number of thioether (sulfide) groups is 2. The molecule has 2 N–H and O–H groups in total. The molecule has 16 heteroatoms. The molecule has 178 valence electrons. The van der Waals surface area contributed by atoms with Crippen molar-refractivity contribution in [1.82, 2.24) is 35.4 Å². The topological polar surface area (TPSA) is 165 Å². The highest BCUT2D eigenvalue weighted by Crippen LogP contribution is 2.44. The largest absolute Gasteiger partial charge is 0.481 e. The Kier molecular flexibility index (Phi) is 7.05. The van der Waals surface area contributed by atoms with Crippen LogP contribution in [0.4, 0.5) is 0 Å². The van der Waals surface area contributed by atoms with Crippen LogP contribution in [0.5, 0.6) is 0 Å². The molecule has 0 spiro atoms. The molecule has 2 unspecified atom stereocenters. The maximum absolute atomic E-state index is 12.8. The SMILES string of the molecule is C#CCn1nnnc1SCC1(C(=O)O)CS[C@@H]2C(NC(=O)C(=NOC)c3cscn3)C(=O)N2C1. The Bertz CT molecular complexity index is 1160. The second-order valence-electron chi connectivity index (χ2n) is 7.31. The number of rotatable bonds is 9. The summed E-state index contributed by atoms with van der Waals surface area (Å²) in [5.74, 6) is 0.814. The van der Waals surface area contributed by atoms with Gasteiger partial charge in [-0.2, -0.15) is 0 Å². The number of hydrogen-bond acceptors (Lipinski definition) is 12. The molecule has 0 aromatic carbocycles. The lowest BCUT2D eigenvalue weighted by atomic mass is 9.89. The molecular formula is C18H18N8O5S3. The number of amides is 2. The van der Waals surface area contributed by atoms with Crippen LogP contribution in [0.15, 0.2) is 21.2 Å². The number of β-lactam (4-membered cyclic amide) rings is 1. The first-order valence-electron chi connectivity index (χ1n) is 9.68. The number of carboxylic acid groups (broad SMARTS) is 1. The normalized spacial score (nSPS) is 24.1. The molecule has 2 aliphatic heterocycles. The summed E-state index contributed by atoms with van der Waals surface area (Å²) in [5.41, 5.74) is 0.623. The van der Waals surface area contributed by atoms with Crippen LogP contribution in [0.3, 0.4) is 0 Å². The van der Waals surface area contributed by atoms with Crippen LogP contribution in [0.25, 0.3) is 0 Å². The van der Waals surface area contributed by atoms with Crippen molar-refractivity contribution < 1.29 is 24.3 Å². The average Bonchev–Trinajstić information content (AvgIpc) is 3.52. The molecule has 0 aliphatic carbocycles.